The summed E-state index contributed by atoms with van der Waals surface area (Å²) in [6.45, 7) is 2.02. The van der Waals surface area contributed by atoms with Gasteiger partial charge in [-0.3, -0.25) is 4.98 Å². The Morgan fingerprint density at radius 2 is 2.20 bits per heavy atom. The quantitative estimate of drug-likeness (QED) is 0.574. The highest BCUT2D eigenvalue weighted by molar-refractivity contribution is 7.79. The molecule has 10 heavy (non-hydrogen) atoms. The Bertz CT molecular complexity index is 144. The first kappa shape index (κ1) is 9.50. The lowest BCUT2D eigenvalue weighted by molar-refractivity contribution is 1.27. The molecule has 1 aromatic heterocycles. The van der Waals surface area contributed by atoms with Gasteiger partial charge in [0, 0.05) is 13.8 Å². The van der Waals surface area contributed by atoms with Gasteiger partial charge in [0.2, 0.25) is 0 Å². The number of thiol groups is 1. The maximum atomic E-state index is 5.75. The van der Waals surface area contributed by atoms with Crippen molar-refractivity contribution in [2.75, 3.05) is 6.26 Å². The second-order valence-electron chi connectivity index (χ2n) is 1.53. The van der Waals surface area contributed by atoms with Crippen molar-refractivity contribution in [1.29, 1.82) is 0 Å². The third kappa shape index (κ3) is 5.63. The molecule has 1 aromatic rings. The van der Waals surface area contributed by atoms with E-state index in [-0.39, 0.29) is 0 Å². The summed E-state index contributed by atoms with van der Waals surface area (Å²) < 4.78 is 5.75. The number of rotatable bonds is 0. The van der Waals surface area contributed by atoms with Crippen molar-refractivity contribution < 1.29 is 1.37 Å². The van der Waals surface area contributed by atoms with Crippen LogP contribution in [0.5, 0.6) is 0 Å². The first-order valence-electron chi connectivity index (χ1n) is 3.71. The van der Waals surface area contributed by atoms with Crippen LogP contribution in [0.15, 0.2) is 24.5 Å². The molecule has 1 heterocycles. The molecule has 0 unspecified atom stereocenters. The van der Waals surface area contributed by atoms with Crippen molar-refractivity contribution in [2.45, 2.75) is 14.3 Å². The molecular formula is C8H15NS. The smallest absolute Gasteiger partial charge is 0.0297 e. The minimum atomic E-state index is 1.21. The summed E-state index contributed by atoms with van der Waals surface area (Å²) >= 11 is 3.53. The predicted octanol–water partition coefficient (Wildman–Crippen LogP) is 2.57. The van der Waals surface area contributed by atoms with Crippen LogP contribution < -0.4 is 0 Å². The standard InChI is InChI=1S/C6H7N.CH4S.CH4/c1-6-3-2-4-7-5-6;1-2;/h2-5H,1H3;2H,1H3;1H4/i;;1T. The molecule has 1 nitrogen and oxygen atoms in total. The normalized spacial score (nSPS) is 7.40. The minimum Gasteiger partial charge on any atom is -0.264 e. The summed E-state index contributed by atoms with van der Waals surface area (Å²) in [5, 5.41) is 0. The average molecular weight is 159 g/mol. The van der Waals surface area contributed by atoms with Crippen molar-refractivity contribution >= 4 is 12.6 Å². The monoisotopic (exact) mass is 159 g/mol. The maximum Gasteiger partial charge on any atom is 0.0297 e. The van der Waals surface area contributed by atoms with Crippen LogP contribution >= 0.6 is 12.6 Å². The molecule has 0 radical (unpaired) electrons. The highest BCUT2D eigenvalue weighted by Gasteiger charge is 1.73. The molecule has 2 heteroatoms. The van der Waals surface area contributed by atoms with Crippen molar-refractivity contribution in [2.24, 2.45) is 0 Å². The number of hydrogen-bond donors (Lipinski definition) is 1. The van der Waals surface area contributed by atoms with Gasteiger partial charge >= 0.3 is 0 Å². The lowest BCUT2D eigenvalue weighted by Crippen LogP contribution is -1.69. The zero-order valence-corrected chi connectivity index (χ0v) is 7.60. The van der Waals surface area contributed by atoms with Crippen LogP contribution in [0.1, 0.15) is 14.3 Å². The number of aryl methyl sites for hydroxylation is 1. The molecule has 0 saturated heterocycles. The minimum absolute atomic E-state index is 1.21. The molecule has 58 valence electrons. The number of nitrogens with zero attached hydrogens (tertiary/aromatic N) is 1. The van der Waals surface area contributed by atoms with Gasteiger partial charge in [0.25, 0.3) is 0 Å². The Kier molecular flexibility index (Phi) is 8.07. The molecule has 0 amide bonds. The SMILES string of the molecule is CS.Cc1cccnc1.[3H]C. The summed E-state index contributed by atoms with van der Waals surface area (Å²) in [5.41, 5.74) is 1.21. The second-order valence-corrected chi connectivity index (χ2v) is 1.53. The molecule has 1 rings (SSSR count). The first-order valence-corrected chi connectivity index (χ1v) is 3.60. The summed E-state index contributed by atoms with van der Waals surface area (Å²) in [4.78, 5) is 3.88. The lowest BCUT2D eigenvalue weighted by atomic mass is 10.3. The van der Waals surface area contributed by atoms with E-state index in [1.165, 1.54) is 13.0 Å². The van der Waals surface area contributed by atoms with Gasteiger partial charge in [-0.15, -0.1) is 0 Å². The topological polar surface area (TPSA) is 12.9 Å². The Morgan fingerprint density at radius 1 is 1.60 bits per heavy atom. The number of hydrogen-bond acceptors (Lipinski definition) is 2. The lowest BCUT2D eigenvalue weighted by Gasteiger charge is -1.82. The molecule has 0 bridgehead atoms. The van der Waals surface area contributed by atoms with E-state index in [2.05, 4.69) is 17.6 Å². The zero-order chi connectivity index (χ0) is 9.11. The zero-order valence-electron chi connectivity index (χ0n) is 7.70. The Labute approximate surface area is 70.3 Å². The largest absolute Gasteiger partial charge is 0.264 e. The number of aromatic nitrogens is 1. The van der Waals surface area contributed by atoms with E-state index in [4.69, 9.17) is 1.37 Å². The van der Waals surface area contributed by atoms with Gasteiger partial charge in [-0.1, -0.05) is 13.5 Å². The summed E-state index contributed by atoms with van der Waals surface area (Å²) in [6.07, 6.45) is 5.30. The van der Waals surface area contributed by atoms with Gasteiger partial charge in [0.05, 0.1) is 0 Å². The van der Waals surface area contributed by atoms with E-state index in [0.29, 0.717) is 0 Å². The van der Waals surface area contributed by atoms with Crippen molar-refractivity contribution in [1.82, 2.24) is 4.98 Å². The fourth-order valence-corrected chi connectivity index (χ4v) is 0.448. The fraction of sp³-hybridized carbons (Fsp3) is 0.375. The summed E-state index contributed by atoms with van der Waals surface area (Å²) in [6, 6.07) is 3.95. The van der Waals surface area contributed by atoms with Crippen LogP contribution in [0, 0.1) is 6.92 Å². The van der Waals surface area contributed by atoms with Gasteiger partial charge in [-0.2, -0.15) is 12.6 Å². The first-order chi connectivity index (χ1) is 5.39. The molecular weight excluding hydrogens is 142 g/mol. The Morgan fingerprint density at radius 3 is 2.40 bits per heavy atom. The van der Waals surface area contributed by atoms with Crippen LogP contribution in [0.3, 0.4) is 0 Å². The van der Waals surface area contributed by atoms with E-state index >= 15 is 0 Å². The average Bonchev–Trinajstić information content (AvgIpc) is 2.13. The van der Waals surface area contributed by atoms with Crippen LogP contribution in [0.25, 0.3) is 0 Å². The molecule has 0 aliphatic carbocycles. The van der Waals surface area contributed by atoms with E-state index in [1.807, 2.05) is 25.3 Å². The third-order valence-electron chi connectivity index (χ3n) is 0.809. The molecule has 0 atom stereocenters. The molecule has 0 N–H and O–H groups in total. The van der Waals surface area contributed by atoms with Gasteiger partial charge in [-0.05, 0) is 24.8 Å². The van der Waals surface area contributed by atoms with E-state index in [1.54, 1.807) is 12.5 Å². The van der Waals surface area contributed by atoms with E-state index < -0.39 is 0 Å². The molecule has 0 fully saturated rings. The number of pyridine rings is 1. The van der Waals surface area contributed by atoms with Gasteiger partial charge in [0.15, 0.2) is 0 Å². The fourth-order valence-electron chi connectivity index (χ4n) is 0.448. The van der Waals surface area contributed by atoms with E-state index in [0.717, 1.165) is 0 Å². The Balaban J connectivity index is 0. The molecule has 0 spiro atoms. The second kappa shape index (κ2) is 8.50. The molecule has 0 aliphatic rings. The summed E-state index contributed by atoms with van der Waals surface area (Å²) in [5.74, 6) is 0. The van der Waals surface area contributed by atoms with Gasteiger partial charge in [-0.25, -0.2) is 0 Å². The van der Waals surface area contributed by atoms with Crippen LogP contribution in [-0.4, -0.2) is 11.2 Å². The van der Waals surface area contributed by atoms with Crippen LogP contribution in [0.4, 0.5) is 0 Å². The Hall–Kier alpha value is -0.500. The maximum absolute atomic E-state index is 5.75. The highest BCUT2D eigenvalue weighted by Crippen LogP contribution is 1.88. The highest BCUT2D eigenvalue weighted by atomic mass is 32.1. The van der Waals surface area contributed by atoms with Crippen molar-refractivity contribution in [3.05, 3.63) is 30.1 Å². The van der Waals surface area contributed by atoms with E-state index in [9.17, 15) is 0 Å². The molecule has 0 aliphatic heterocycles. The molecule has 0 aromatic carbocycles. The predicted molar refractivity (Wildman–Crippen MR) is 50.6 cm³/mol. The van der Waals surface area contributed by atoms with Crippen LogP contribution in [-0.2, 0) is 0 Å². The van der Waals surface area contributed by atoms with Gasteiger partial charge < -0.3 is 0 Å². The van der Waals surface area contributed by atoms with Crippen molar-refractivity contribution in [3.63, 3.8) is 0 Å². The van der Waals surface area contributed by atoms with Crippen LogP contribution in [0.2, 0.25) is 0 Å². The summed E-state index contributed by atoms with van der Waals surface area (Å²) in [7, 11) is 1.25. The molecule has 0 saturated carbocycles. The third-order valence-corrected chi connectivity index (χ3v) is 0.809. The van der Waals surface area contributed by atoms with Crippen molar-refractivity contribution in [3.8, 4) is 0 Å². The van der Waals surface area contributed by atoms with Gasteiger partial charge in [0.1, 0.15) is 0 Å².